The Morgan fingerprint density at radius 3 is 2.86 bits per heavy atom. The molecule has 0 amide bonds. The van der Waals surface area contributed by atoms with Gasteiger partial charge in [0.25, 0.3) is 0 Å². The highest BCUT2D eigenvalue weighted by Gasteiger charge is 2.31. The number of ether oxygens (including phenoxy) is 1. The molecule has 0 saturated heterocycles. The van der Waals surface area contributed by atoms with E-state index < -0.39 is 10.0 Å². The third-order valence-corrected chi connectivity index (χ3v) is 5.47. The summed E-state index contributed by atoms with van der Waals surface area (Å²) in [5, 5.41) is 3.20. The summed E-state index contributed by atoms with van der Waals surface area (Å²) < 4.78 is 35.0. The summed E-state index contributed by atoms with van der Waals surface area (Å²) >= 11 is 0. The number of methoxy groups -OCH3 is 1. The van der Waals surface area contributed by atoms with Crippen LogP contribution in [0.25, 0.3) is 0 Å². The minimum Gasteiger partial charge on any atom is -0.380 e. The maximum absolute atomic E-state index is 12.5. The van der Waals surface area contributed by atoms with Crippen LogP contribution in [0.3, 0.4) is 0 Å². The van der Waals surface area contributed by atoms with Crippen molar-refractivity contribution in [2.45, 2.75) is 49.8 Å². The zero-order valence-electron chi connectivity index (χ0n) is 12.9. The van der Waals surface area contributed by atoms with E-state index in [-0.39, 0.29) is 12.1 Å². The number of rotatable bonds is 7. The highest BCUT2D eigenvalue weighted by atomic mass is 32.2. The largest absolute Gasteiger partial charge is 0.380 e. The molecule has 0 bridgehead atoms. The van der Waals surface area contributed by atoms with E-state index in [1.54, 1.807) is 19.4 Å². The Balaban J connectivity index is 2.12. The van der Waals surface area contributed by atoms with Crippen molar-refractivity contribution >= 4 is 10.0 Å². The van der Waals surface area contributed by atoms with Gasteiger partial charge in [-0.1, -0.05) is 6.92 Å². The van der Waals surface area contributed by atoms with Crippen LogP contribution in [0.1, 0.15) is 31.9 Å². The standard InChI is InChI=1S/C14H25N3O3S/c1-4-15-9-11-8-12(10-17(11)2)21(18,19)16-13-6-5-7-14(13)20-3/h8,10,13-16H,4-7,9H2,1-3H3. The second-order valence-electron chi connectivity index (χ2n) is 5.49. The van der Waals surface area contributed by atoms with Crippen LogP contribution in [0.5, 0.6) is 0 Å². The van der Waals surface area contributed by atoms with Crippen LogP contribution >= 0.6 is 0 Å². The van der Waals surface area contributed by atoms with Crippen molar-refractivity contribution in [2.24, 2.45) is 7.05 Å². The molecule has 2 N–H and O–H groups in total. The molecule has 2 atom stereocenters. The molecule has 0 aromatic carbocycles. The Kier molecular flexibility index (Phi) is 5.43. The number of nitrogens with zero attached hydrogens (tertiary/aromatic N) is 1. The summed E-state index contributed by atoms with van der Waals surface area (Å²) in [6, 6.07) is 1.60. The van der Waals surface area contributed by atoms with Crippen molar-refractivity contribution in [3.8, 4) is 0 Å². The van der Waals surface area contributed by atoms with Gasteiger partial charge in [-0.15, -0.1) is 0 Å². The molecule has 21 heavy (non-hydrogen) atoms. The second-order valence-corrected chi connectivity index (χ2v) is 7.21. The first-order valence-electron chi connectivity index (χ1n) is 7.39. The van der Waals surface area contributed by atoms with Gasteiger partial charge in [0.15, 0.2) is 0 Å². The van der Waals surface area contributed by atoms with Crippen LogP contribution in [0.15, 0.2) is 17.2 Å². The van der Waals surface area contributed by atoms with Crippen molar-refractivity contribution in [2.75, 3.05) is 13.7 Å². The first-order valence-corrected chi connectivity index (χ1v) is 8.87. The van der Waals surface area contributed by atoms with Gasteiger partial charge in [-0.25, -0.2) is 13.1 Å². The fraction of sp³-hybridized carbons (Fsp3) is 0.714. The molecule has 1 aliphatic rings. The van der Waals surface area contributed by atoms with Gasteiger partial charge in [0, 0.05) is 38.6 Å². The number of aromatic nitrogens is 1. The lowest BCUT2D eigenvalue weighted by Gasteiger charge is -2.19. The molecule has 2 unspecified atom stereocenters. The maximum atomic E-state index is 12.5. The van der Waals surface area contributed by atoms with E-state index >= 15 is 0 Å². The van der Waals surface area contributed by atoms with Crippen LogP contribution in [0, 0.1) is 0 Å². The smallest absolute Gasteiger partial charge is 0.242 e. The summed E-state index contributed by atoms with van der Waals surface area (Å²) in [6.45, 7) is 3.53. The van der Waals surface area contributed by atoms with Crippen molar-refractivity contribution < 1.29 is 13.2 Å². The molecule has 0 aliphatic heterocycles. The molecule has 6 nitrogen and oxygen atoms in total. The Morgan fingerprint density at radius 1 is 1.43 bits per heavy atom. The lowest BCUT2D eigenvalue weighted by atomic mass is 10.2. The minimum atomic E-state index is -3.49. The maximum Gasteiger partial charge on any atom is 0.242 e. The highest BCUT2D eigenvalue weighted by Crippen LogP contribution is 2.24. The quantitative estimate of drug-likeness (QED) is 0.787. The number of sulfonamides is 1. The molecule has 0 spiro atoms. The third kappa shape index (κ3) is 3.85. The van der Waals surface area contributed by atoms with Gasteiger partial charge in [0.1, 0.15) is 0 Å². The zero-order chi connectivity index (χ0) is 15.5. The Hall–Kier alpha value is -0.890. The first-order chi connectivity index (χ1) is 9.97. The van der Waals surface area contributed by atoms with E-state index in [0.717, 1.165) is 31.5 Å². The zero-order valence-corrected chi connectivity index (χ0v) is 13.7. The molecule has 120 valence electrons. The third-order valence-electron chi connectivity index (χ3n) is 4.01. The summed E-state index contributed by atoms with van der Waals surface area (Å²) in [7, 11) is 0.00157. The monoisotopic (exact) mass is 315 g/mol. The van der Waals surface area contributed by atoms with Crippen LogP contribution in [-0.4, -0.2) is 38.8 Å². The molecule has 7 heteroatoms. The summed E-state index contributed by atoms with van der Waals surface area (Å²) in [5.74, 6) is 0. The molecule has 1 aliphatic carbocycles. The van der Waals surface area contributed by atoms with Gasteiger partial charge < -0.3 is 14.6 Å². The molecule has 1 fully saturated rings. The molecular weight excluding hydrogens is 290 g/mol. The summed E-state index contributed by atoms with van der Waals surface area (Å²) in [6.07, 6.45) is 4.36. The summed E-state index contributed by atoms with van der Waals surface area (Å²) in [4.78, 5) is 0.319. The van der Waals surface area contributed by atoms with Crippen molar-refractivity contribution in [3.05, 3.63) is 18.0 Å². The second kappa shape index (κ2) is 6.91. The van der Waals surface area contributed by atoms with Crippen LogP contribution < -0.4 is 10.0 Å². The average molecular weight is 315 g/mol. The molecule has 1 aromatic rings. The Bertz CT molecular complexity index is 568. The normalized spacial score (nSPS) is 22.8. The van der Waals surface area contributed by atoms with Gasteiger partial charge >= 0.3 is 0 Å². The summed E-state index contributed by atoms with van der Waals surface area (Å²) in [5.41, 5.74) is 0.951. The highest BCUT2D eigenvalue weighted by molar-refractivity contribution is 7.89. The number of aryl methyl sites for hydroxylation is 1. The Morgan fingerprint density at radius 2 is 2.19 bits per heavy atom. The Labute approximate surface area is 126 Å². The fourth-order valence-electron chi connectivity index (χ4n) is 2.76. The minimum absolute atomic E-state index is 0.0234. The number of nitrogens with one attached hydrogen (secondary N) is 2. The van der Waals surface area contributed by atoms with Gasteiger partial charge in [-0.2, -0.15) is 0 Å². The molecule has 1 aromatic heterocycles. The van der Waals surface area contributed by atoms with Gasteiger partial charge in [-0.3, -0.25) is 0 Å². The predicted octanol–water partition coefficient (Wildman–Crippen LogP) is 0.980. The van der Waals surface area contributed by atoms with E-state index in [1.807, 2.05) is 18.5 Å². The molecule has 1 saturated carbocycles. The number of hydrogen-bond acceptors (Lipinski definition) is 4. The van der Waals surface area contributed by atoms with E-state index in [9.17, 15) is 8.42 Å². The van der Waals surface area contributed by atoms with Crippen LogP contribution in [-0.2, 0) is 28.4 Å². The predicted molar refractivity (Wildman–Crippen MR) is 81.6 cm³/mol. The number of hydrogen-bond donors (Lipinski definition) is 2. The van der Waals surface area contributed by atoms with Gasteiger partial charge in [-0.05, 0) is 31.9 Å². The molecule has 1 heterocycles. The van der Waals surface area contributed by atoms with Crippen LogP contribution in [0.4, 0.5) is 0 Å². The molecule has 0 radical (unpaired) electrons. The first kappa shape index (κ1) is 16.5. The average Bonchev–Trinajstić information content (AvgIpc) is 3.03. The topological polar surface area (TPSA) is 72.4 Å². The van der Waals surface area contributed by atoms with Gasteiger partial charge in [0.05, 0.1) is 11.0 Å². The van der Waals surface area contributed by atoms with Crippen molar-refractivity contribution in [1.29, 1.82) is 0 Å². The van der Waals surface area contributed by atoms with Gasteiger partial charge in [0.2, 0.25) is 10.0 Å². The lowest BCUT2D eigenvalue weighted by molar-refractivity contribution is 0.0916. The van der Waals surface area contributed by atoms with Crippen molar-refractivity contribution in [1.82, 2.24) is 14.6 Å². The van der Waals surface area contributed by atoms with E-state index in [2.05, 4.69) is 10.0 Å². The van der Waals surface area contributed by atoms with E-state index in [1.165, 1.54) is 0 Å². The van der Waals surface area contributed by atoms with E-state index in [4.69, 9.17) is 4.74 Å². The lowest BCUT2D eigenvalue weighted by Crippen LogP contribution is -2.40. The fourth-order valence-corrected chi connectivity index (χ4v) is 4.16. The molecule has 2 rings (SSSR count). The van der Waals surface area contributed by atoms with Crippen LogP contribution in [0.2, 0.25) is 0 Å². The van der Waals surface area contributed by atoms with Crippen molar-refractivity contribution in [3.63, 3.8) is 0 Å². The SMILES string of the molecule is CCNCc1cc(S(=O)(=O)NC2CCCC2OC)cn1C. The molecular formula is C14H25N3O3S. The van der Waals surface area contributed by atoms with E-state index in [0.29, 0.717) is 11.4 Å².